The smallest absolute Gasteiger partial charge is 0.325 e. The van der Waals surface area contributed by atoms with Crippen molar-refractivity contribution in [1.29, 1.82) is 0 Å². The molecule has 0 radical (unpaired) electrons. The van der Waals surface area contributed by atoms with Gasteiger partial charge in [-0.15, -0.1) is 0 Å². The molecule has 1 aromatic rings. The van der Waals surface area contributed by atoms with Crippen molar-refractivity contribution in [3.63, 3.8) is 0 Å². The maximum atomic E-state index is 12.3. The molecule has 0 saturated heterocycles. The number of urea groups is 1. The average molecular weight is 263 g/mol. The Kier molecular flexibility index (Phi) is 2.99. The Bertz CT molecular complexity index is 457. The molecule has 0 aliphatic heterocycles. The molecule has 2 aliphatic rings. The van der Waals surface area contributed by atoms with Crippen LogP contribution in [0.2, 0.25) is 0 Å². The van der Waals surface area contributed by atoms with E-state index in [1.807, 2.05) is 25.8 Å². The summed E-state index contributed by atoms with van der Waals surface area (Å²) in [5.74, 6) is 2.16. The van der Waals surface area contributed by atoms with E-state index in [0.717, 1.165) is 11.5 Å². The molecule has 0 unspecified atom stereocenters. The molecule has 5 heteroatoms. The Morgan fingerprint density at radius 2 is 1.89 bits per heavy atom. The minimum atomic E-state index is -0.106. The predicted molar refractivity (Wildman–Crippen MR) is 72.0 cm³/mol. The van der Waals surface area contributed by atoms with Crippen LogP contribution in [0.3, 0.4) is 0 Å². The van der Waals surface area contributed by atoms with Crippen molar-refractivity contribution >= 4 is 12.0 Å². The van der Waals surface area contributed by atoms with Crippen LogP contribution in [0.4, 0.5) is 10.8 Å². The van der Waals surface area contributed by atoms with Gasteiger partial charge in [-0.2, -0.15) is 4.98 Å². The molecule has 0 atom stereocenters. The minimum absolute atomic E-state index is 0.106. The van der Waals surface area contributed by atoms with Gasteiger partial charge in [-0.25, -0.2) is 4.79 Å². The molecule has 2 fully saturated rings. The summed E-state index contributed by atoms with van der Waals surface area (Å²) in [6, 6.07) is 0.597. The lowest BCUT2D eigenvalue weighted by atomic mass is 10.1. The number of amides is 2. The van der Waals surface area contributed by atoms with Gasteiger partial charge in [-0.1, -0.05) is 0 Å². The summed E-state index contributed by atoms with van der Waals surface area (Å²) in [7, 11) is 1.89. The van der Waals surface area contributed by atoms with Gasteiger partial charge in [0.25, 0.3) is 0 Å². The van der Waals surface area contributed by atoms with Crippen LogP contribution in [-0.4, -0.2) is 29.0 Å². The van der Waals surface area contributed by atoms with Gasteiger partial charge in [-0.05, 0) is 51.4 Å². The number of nitrogens with one attached hydrogen (secondary N) is 1. The molecule has 19 heavy (non-hydrogen) atoms. The number of anilines is 1. The van der Waals surface area contributed by atoms with E-state index in [-0.39, 0.29) is 6.03 Å². The van der Waals surface area contributed by atoms with Crippen LogP contribution in [0, 0.1) is 25.7 Å². The van der Waals surface area contributed by atoms with E-state index in [0.29, 0.717) is 23.9 Å². The monoisotopic (exact) mass is 263 g/mol. The number of hydrogen-bond donors (Lipinski definition) is 1. The Morgan fingerprint density at radius 1 is 1.32 bits per heavy atom. The molecule has 2 amide bonds. The number of aryl methyl sites for hydroxylation is 2. The van der Waals surface area contributed by atoms with Gasteiger partial charge >= 0.3 is 12.0 Å². The van der Waals surface area contributed by atoms with Gasteiger partial charge < -0.3 is 9.32 Å². The van der Waals surface area contributed by atoms with Crippen LogP contribution in [0.15, 0.2) is 4.42 Å². The Hall–Kier alpha value is -1.52. The van der Waals surface area contributed by atoms with Crippen molar-refractivity contribution in [2.75, 3.05) is 12.4 Å². The molecule has 1 aromatic heterocycles. The molecular weight excluding hydrogens is 242 g/mol. The van der Waals surface area contributed by atoms with E-state index < -0.39 is 0 Å². The van der Waals surface area contributed by atoms with Gasteiger partial charge in [0, 0.05) is 13.1 Å². The van der Waals surface area contributed by atoms with E-state index in [2.05, 4.69) is 10.3 Å². The second-order valence-electron chi connectivity index (χ2n) is 5.87. The third kappa shape index (κ3) is 2.60. The van der Waals surface area contributed by atoms with Crippen molar-refractivity contribution in [2.24, 2.45) is 11.8 Å². The fourth-order valence-corrected chi connectivity index (χ4v) is 2.73. The van der Waals surface area contributed by atoms with Crippen LogP contribution in [0.1, 0.15) is 37.1 Å². The number of rotatable bonds is 4. The zero-order valence-corrected chi connectivity index (χ0v) is 11.8. The normalized spacial score (nSPS) is 18.7. The first-order valence-corrected chi connectivity index (χ1v) is 7.04. The third-order valence-corrected chi connectivity index (χ3v) is 4.22. The molecule has 5 nitrogen and oxygen atoms in total. The number of oxazole rings is 1. The maximum Gasteiger partial charge on any atom is 0.325 e. The van der Waals surface area contributed by atoms with Gasteiger partial charge in [-0.3, -0.25) is 5.32 Å². The van der Waals surface area contributed by atoms with Crippen LogP contribution in [0.25, 0.3) is 0 Å². The summed E-state index contributed by atoms with van der Waals surface area (Å²) in [4.78, 5) is 18.3. The quantitative estimate of drug-likeness (QED) is 0.908. The summed E-state index contributed by atoms with van der Waals surface area (Å²) in [6.45, 7) is 3.72. The largest absolute Gasteiger partial charge is 0.428 e. The van der Waals surface area contributed by atoms with Crippen LogP contribution < -0.4 is 5.32 Å². The van der Waals surface area contributed by atoms with Crippen molar-refractivity contribution in [3.05, 3.63) is 11.5 Å². The first-order valence-electron chi connectivity index (χ1n) is 7.04. The fraction of sp³-hybridized carbons (Fsp3) is 0.714. The van der Waals surface area contributed by atoms with Crippen LogP contribution in [0.5, 0.6) is 0 Å². The highest BCUT2D eigenvalue weighted by molar-refractivity contribution is 5.87. The molecule has 2 saturated carbocycles. The van der Waals surface area contributed by atoms with Gasteiger partial charge in [0.15, 0.2) is 0 Å². The Balaban J connectivity index is 1.65. The van der Waals surface area contributed by atoms with Gasteiger partial charge in [0.05, 0.1) is 5.69 Å². The molecule has 0 spiro atoms. The lowest BCUT2D eigenvalue weighted by Crippen LogP contribution is -2.42. The van der Waals surface area contributed by atoms with Crippen LogP contribution in [-0.2, 0) is 0 Å². The van der Waals surface area contributed by atoms with Gasteiger partial charge in [0.1, 0.15) is 5.76 Å². The molecule has 104 valence electrons. The summed E-state index contributed by atoms with van der Waals surface area (Å²) in [5, 5.41) is 2.76. The molecule has 3 rings (SSSR count). The first kappa shape index (κ1) is 12.5. The standard InChI is InChI=1S/C14H21N3O2/c1-8-9(2)19-13(15-8)16-14(18)17(3)12(10-4-5-10)11-6-7-11/h10-12H,4-7H2,1-3H3,(H,15,16,18). The number of carbonyl (C=O) groups is 1. The van der Waals surface area contributed by atoms with E-state index in [1.165, 1.54) is 25.7 Å². The average Bonchev–Trinajstić information content (AvgIpc) is 3.23. The zero-order chi connectivity index (χ0) is 13.6. The highest BCUT2D eigenvalue weighted by atomic mass is 16.4. The molecule has 0 bridgehead atoms. The van der Waals surface area contributed by atoms with E-state index in [1.54, 1.807) is 0 Å². The summed E-state index contributed by atoms with van der Waals surface area (Å²) < 4.78 is 5.40. The van der Waals surface area contributed by atoms with Crippen molar-refractivity contribution in [2.45, 2.75) is 45.6 Å². The second-order valence-corrected chi connectivity index (χ2v) is 5.87. The van der Waals surface area contributed by atoms with Gasteiger partial charge in [0.2, 0.25) is 0 Å². The summed E-state index contributed by atoms with van der Waals surface area (Å²) >= 11 is 0. The van der Waals surface area contributed by atoms with Crippen molar-refractivity contribution < 1.29 is 9.21 Å². The zero-order valence-electron chi connectivity index (χ0n) is 11.8. The lowest BCUT2D eigenvalue weighted by molar-refractivity contribution is 0.186. The van der Waals surface area contributed by atoms with Crippen LogP contribution >= 0.6 is 0 Å². The first-order chi connectivity index (χ1) is 9.06. The lowest BCUT2D eigenvalue weighted by Gasteiger charge is -2.27. The topological polar surface area (TPSA) is 58.4 Å². The molecule has 0 aromatic carbocycles. The van der Waals surface area contributed by atoms with Crippen molar-refractivity contribution in [3.8, 4) is 0 Å². The number of aromatic nitrogens is 1. The molecular formula is C14H21N3O2. The fourth-order valence-electron chi connectivity index (χ4n) is 2.73. The predicted octanol–water partition coefficient (Wildman–Crippen LogP) is 2.94. The van der Waals surface area contributed by atoms with E-state index in [9.17, 15) is 4.79 Å². The highest BCUT2D eigenvalue weighted by Crippen LogP contribution is 2.46. The number of carbonyl (C=O) groups excluding carboxylic acids is 1. The van der Waals surface area contributed by atoms with E-state index in [4.69, 9.17) is 4.42 Å². The molecule has 2 aliphatic carbocycles. The Morgan fingerprint density at radius 3 is 2.32 bits per heavy atom. The van der Waals surface area contributed by atoms with E-state index >= 15 is 0 Å². The maximum absolute atomic E-state index is 12.3. The highest BCUT2D eigenvalue weighted by Gasteiger charge is 2.45. The third-order valence-electron chi connectivity index (χ3n) is 4.22. The molecule has 1 N–H and O–H groups in total. The second kappa shape index (κ2) is 4.54. The SMILES string of the molecule is Cc1nc(NC(=O)N(C)C(C2CC2)C2CC2)oc1C. The summed E-state index contributed by atoms with van der Waals surface area (Å²) in [6.07, 6.45) is 5.04. The minimum Gasteiger partial charge on any atom is -0.428 e. The number of nitrogens with zero attached hydrogens (tertiary/aromatic N) is 2. The van der Waals surface area contributed by atoms with Crippen molar-refractivity contribution in [1.82, 2.24) is 9.88 Å². The molecule has 1 heterocycles. The summed E-state index contributed by atoms with van der Waals surface area (Å²) in [5.41, 5.74) is 0.818. The Labute approximate surface area is 113 Å². The number of hydrogen-bond acceptors (Lipinski definition) is 3.